The molecular weight excluding hydrogens is 374 g/mol. The second-order valence-electron chi connectivity index (χ2n) is 11.2. The van der Waals surface area contributed by atoms with Crippen molar-refractivity contribution in [3.8, 4) is 0 Å². The van der Waals surface area contributed by atoms with Crippen molar-refractivity contribution in [3.63, 3.8) is 0 Å². The third-order valence-corrected chi connectivity index (χ3v) is 7.81. The van der Waals surface area contributed by atoms with Gasteiger partial charge in [0, 0.05) is 36.0 Å². The van der Waals surface area contributed by atoms with Crippen LogP contribution in [0.1, 0.15) is 64.9 Å². The maximum Gasteiger partial charge on any atom is 0.243 e. The Bertz CT molecular complexity index is 991. The summed E-state index contributed by atoms with van der Waals surface area (Å²) in [6.45, 7) is 6.31. The van der Waals surface area contributed by atoms with Gasteiger partial charge in [0.2, 0.25) is 11.8 Å². The van der Waals surface area contributed by atoms with Gasteiger partial charge in [-0.3, -0.25) is 9.59 Å². The summed E-state index contributed by atoms with van der Waals surface area (Å²) in [7, 11) is 0. The predicted molar refractivity (Wildman–Crippen MR) is 118 cm³/mol. The fraction of sp³-hybridized carbons (Fsp3) is 0.600. The number of benzene rings is 1. The number of carbonyl (C=O) groups excluding carboxylic acids is 2. The lowest BCUT2D eigenvalue weighted by molar-refractivity contribution is -0.142. The molecule has 1 heterocycles. The Morgan fingerprint density at radius 3 is 2.47 bits per heavy atom. The van der Waals surface area contributed by atoms with Gasteiger partial charge in [-0.1, -0.05) is 32.0 Å². The van der Waals surface area contributed by atoms with Gasteiger partial charge in [-0.15, -0.1) is 0 Å². The molecular formula is C25H33N3O2. The van der Waals surface area contributed by atoms with E-state index in [0.717, 1.165) is 35.7 Å². The number of rotatable bonds is 5. The monoisotopic (exact) mass is 407 g/mol. The SMILES string of the molecule is CC(=O)N[C@@H](Cc1c[nH]c2ccccc12)C(=O)NC12CC3C[C@@](C)(C1)C[C@](C)(C3)C2. The summed E-state index contributed by atoms with van der Waals surface area (Å²) in [5.74, 6) is 0.508. The predicted octanol–water partition coefficient (Wildman–Crippen LogP) is 4.08. The fourth-order valence-electron chi connectivity index (χ4n) is 7.91. The highest BCUT2D eigenvalue weighted by molar-refractivity contribution is 5.89. The zero-order valence-corrected chi connectivity index (χ0v) is 18.3. The molecule has 4 aliphatic carbocycles. The van der Waals surface area contributed by atoms with Crippen molar-refractivity contribution in [2.45, 2.75) is 77.3 Å². The maximum atomic E-state index is 13.5. The van der Waals surface area contributed by atoms with Gasteiger partial charge in [0.25, 0.3) is 0 Å². The molecule has 1 aromatic heterocycles. The van der Waals surface area contributed by atoms with Gasteiger partial charge >= 0.3 is 0 Å². The van der Waals surface area contributed by atoms with E-state index in [1.165, 1.54) is 26.2 Å². The van der Waals surface area contributed by atoms with Crippen molar-refractivity contribution in [3.05, 3.63) is 36.0 Å². The van der Waals surface area contributed by atoms with E-state index < -0.39 is 6.04 Å². The molecule has 4 aliphatic rings. The largest absolute Gasteiger partial charge is 0.361 e. The van der Waals surface area contributed by atoms with Crippen molar-refractivity contribution in [2.75, 3.05) is 0 Å². The van der Waals surface area contributed by atoms with E-state index in [1.807, 2.05) is 24.4 Å². The smallest absolute Gasteiger partial charge is 0.243 e. The number of amides is 2. The first-order valence-corrected chi connectivity index (χ1v) is 11.3. The Morgan fingerprint density at radius 2 is 1.80 bits per heavy atom. The van der Waals surface area contributed by atoms with Crippen LogP contribution in [0.2, 0.25) is 0 Å². The number of H-pyrrole nitrogens is 1. The summed E-state index contributed by atoms with van der Waals surface area (Å²) >= 11 is 0. The number of nitrogens with one attached hydrogen (secondary N) is 3. The molecule has 5 heteroatoms. The van der Waals surface area contributed by atoms with Crippen molar-refractivity contribution >= 4 is 22.7 Å². The molecule has 4 bridgehead atoms. The summed E-state index contributed by atoms with van der Waals surface area (Å²) in [6.07, 6.45) is 9.54. The third kappa shape index (κ3) is 3.42. The van der Waals surface area contributed by atoms with Crippen LogP contribution in [0.25, 0.3) is 10.9 Å². The Kier molecular flexibility index (Phi) is 4.32. The molecule has 0 saturated heterocycles. The highest BCUT2D eigenvalue weighted by atomic mass is 16.2. The molecule has 6 rings (SSSR count). The zero-order valence-electron chi connectivity index (χ0n) is 18.3. The van der Waals surface area contributed by atoms with Gasteiger partial charge in [-0.25, -0.2) is 0 Å². The highest BCUT2D eigenvalue weighted by Crippen LogP contribution is 2.66. The van der Waals surface area contributed by atoms with Gasteiger partial charge in [-0.2, -0.15) is 0 Å². The van der Waals surface area contributed by atoms with E-state index >= 15 is 0 Å². The second-order valence-corrected chi connectivity index (χ2v) is 11.2. The van der Waals surface area contributed by atoms with Crippen LogP contribution in [0.4, 0.5) is 0 Å². The number of fused-ring (bicyclic) bond motifs is 1. The minimum absolute atomic E-state index is 0.0374. The molecule has 2 aromatic rings. The van der Waals surface area contributed by atoms with Gasteiger partial charge in [0.05, 0.1) is 0 Å². The van der Waals surface area contributed by atoms with Crippen LogP contribution in [-0.4, -0.2) is 28.4 Å². The molecule has 0 radical (unpaired) electrons. The minimum Gasteiger partial charge on any atom is -0.361 e. The lowest BCUT2D eigenvalue weighted by atomic mass is 9.43. The molecule has 2 unspecified atom stereocenters. The molecule has 160 valence electrons. The highest BCUT2D eigenvalue weighted by Gasteiger charge is 2.60. The van der Waals surface area contributed by atoms with E-state index in [-0.39, 0.29) is 17.4 Å². The molecule has 5 atom stereocenters. The molecule has 4 fully saturated rings. The van der Waals surface area contributed by atoms with Crippen molar-refractivity contribution in [1.29, 1.82) is 0 Å². The van der Waals surface area contributed by atoms with Crippen LogP contribution >= 0.6 is 0 Å². The van der Waals surface area contributed by atoms with Gasteiger partial charge in [0.1, 0.15) is 6.04 Å². The molecule has 0 aliphatic heterocycles. The standard InChI is InChI=1S/C25H33N3O2/c1-16(29)27-21(8-18-12-26-20-7-5-4-6-19(18)20)22(30)28-25-11-17-9-23(2,14-25)13-24(3,10-17)15-25/h4-7,12,17,21,26H,8-11,13-15H2,1-3H3,(H,27,29)(H,28,30)/t17?,21-,23-,24+,25?/m0/s1. The first-order chi connectivity index (χ1) is 14.2. The normalized spacial score (nSPS) is 35.4. The van der Waals surface area contributed by atoms with Crippen molar-refractivity contribution < 1.29 is 9.59 Å². The number of aromatic amines is 1. The molecule has 0 spiro atoms. The molecule has 2 amide bonds. The Labute approximate surface area is 178 Å². The van der Waals surface area contributed by atoms with E-state index in [9.17, 15) is 9.59 Å². The average molecular weight is 408 g/mol. The van der Waals surface area contributed by atoms with Crippen LogP contribution < -0.4 is 10.6 Å². The van der Waals surface area contributed by atoms with Crippen LogP contribution in [0, 0.1) is 16.7 Å². The zero-order chi connectivity index (χ0) is 21.1. The number of para-hydroxylation sites is 1. The van der Waals surface area contributed by atoms with E-state index in [4.69, 9.17) is 0 Å². The Morgan fingerprint density at radius 1 is 1.10 bits per heavy atom. The lowest BCUT2D eigenvalue weighted by Crippen LogP contribution is -2.67. The number of hydrogen-bond acceptors (Lipinski definition) is 2. The van der Waals surface area contributed by atoms with E-state index in [1.54, 1.807) is 0 Å². The summed E-state index contributed by atoms with van der Waals surface area (Å²) in [4.78, 5) is 28.7. The van der Waals surface area contributed by atoms with Crippen LogP contribution in [0.5, 0.6) is 0 Å². The van der Waals surface area contributed by atoms with Gasteiger partial charge < -0.3 is 15.6 Å². The molecule has 5 nitrogen and oxygen atoms in total. The van der Waals surface area contributed by atoms with Crippen LogP contribution in [0.15, 0.2) is 30.5 Å². The van der Waals surface area contributed by atoms with Gasteiger partial charge in [0.15, 0.2) is 0 Å². The fourth-order valence-corrected chi connectivity index (χ4v) is 7.91. The van der Waals surface area contributed by atoms with Crippen LogP contribution in [0.3, 0.4) is 0 Å². The second kappa shape index (κ2) is 6.60. The maximum absolute atomic E-state index is 13.5. The van der Waals surface area contributed by atoms with Crippen molar-refractivity contribution in [1.82, 2.24) is 15.6 Å². The third-order valence-electron chi connectivity index (χ3n) is 7.81. The quantitative estimate of drug-likeness (QED) is 0.699. The number of hydrogen-bond donors (Lipinski definition) is 3. The summed E-state index contributed by atoms with van der Waals surface area (Å²) < 4.78 is 0. The van der Waals surface area contributed by atoms with Gasteiger partial charge in [-0.05, 0) is 66.9 Å². The number of aromatic nitrogens is 1. The summed E-state index contributed by atoms with van der Waals surface area (Å²) in [5.41, 5.74) is 2.67. The average Bonchev–Trinajstić information content (AvgIpc) is 3.00. The van der Waals surface area contributed by atoms with E-state index in [2.05, 4.69) is 35.5 Å². The summed E-state index contributed by atoms with van der Waals surface area (Å²) in [5, 5.41) is 7.50. The minimum atomic E-state index is -0.560. The molecule has 3 N–H and O–H groups in total. The topological polar surface area (TPSA) is 74.0 Å². The van der Waals surface area contributed by atoms with E-state index in [0.29, 0.717) is 23.2 Å². The lowest BCUT2D eigenvalue weighted by Gasteiger charge is -2.65. The van der Waals surface area contributed by atoms with Crippen molar-refractivity contribution in [2.24, 2.45) is 16.7 Å². The summed E-state index contributed by atoms with van der Waals surface area (Å²) in [6, 6.07) is 7.53. The molecule has 30 heavy (non-hydrogen) atoms. The first-order valence-electron chi connectivity index (χ1n) is 11.3. The van der Waals surface area contributed by atoms with Crippen LogP contribution in [-0.2, 0) is 16.0 Å². The Balaban J connectivity index is 1.39. The number of carbonyl (C=O) groups is 2. The molecule has 1 aromatic carbocycles. The molecule has 4 saturated carbocycles. The first kappa shape index (κ1) is 19.7. The Hall–Kier alpha value is -2.30.